The molecule has 0 saturated carbocycles. The predicted molar refractivity (Wildman–Crippen MR) is 94.9 cm³/mol. The van der Waals surface area contributed by atoms with Crippen molar-refractivity contribution in [3.8, 4) is 5.69 Å². The van der Waals surface area contributed by atoms with Crippen LogP contribution in [0.2, 0.25) is 0 Å². The number of thioether (sulfide) groups is 1. The quantitative estimate of drug-likeness (QED) is 0.674. The minimum atomic E-state index is -0.310. The van der Waals surface area contributed by atoms with E-state index in [2.05, 4.69) is 29.3 Å². The topological polar surface area (TPSA) is 33.6 Å². The lowest BCUT2D eigenvalue weighted by Crippen LogP contribution is -2.03. The van der Waals surface area contributed by atoms with E-state index in [1.807, 2.05) is 12.1 Å². The van der Waals surface area contributed by atoms with Crippen LogP contribution in [0.1, 0.15) is 17.0 Å². The monoisotopic (exact) mass is 345 g/mol. The molecule has 0 fully saturated rings. The molecule has 0 saturated heterocycles. The number of hydrogen-bond acceptors (Lipinski definition) is 3. The van der Waals surface area contributed by atoms with E-state index in [0.717, 1.165) is 11.6 Å². The summed E-state index contributed by atoms with van der Waals surface area (Å²) >= 11 is 6.98. The highest BCUT2D eigenvalue weighted by Gasteiger charge is 2.12. The molecule has 1 heterocycles. The number of hydrogen-bond donors (Lipinski definition) is 1. The van der Waals surface area contributed by atoms with Gasteiger partial charge in [-0.1, -0.05) is 36.4 Å². The molecule has 0 atom stereocenters. The average Bonchev–Trinajstić information content (AvgIpc) is 2.91. The molecule has 0 amide bonds. The van der Waals surface area contributed by atoms with E-state index in [1.165, 1.54) is 17.2 Å². The number of aryl methyl sites for hydroxylation is 1. The number of aromatic amines is 1. The van der Waals surface area contributed by atoms with Crippen LogP contribution in [-0.2, 0) is 11.5 Å². The third kappa shape index (κ3) is 3.54. The summed E-state index contributed by atoms with van der Waals surface area (Å²) in [7, 11) is 0. The largest absolute Gasteiger partial charge is 0.268 e. The van der Waals surface area contributed by atoms with E-state index >= 15 is 0 Å². The van der Waals surface area contributed by atoms with Crippen molar-refractivity contribution in [2.24, 2.45) is 0 Å². The number of nitrogens with one attached hydrogen (secondary N) is 1. The van der Waals surface area contributed by atoms with Crippen LogP contribution in [0.4, 0.5) is 4.39 Å². The molecule has 0 radical (unpaired) electrons. The Bertz CT molecular complexity index is 870. The predicted octanol–water partition coefficient (Wildman–Crippen LogP) is 4.81. The van der Waals surface area contributed by atoms with E-state index in [9.17, 15) is 4.39 Å². The van der Waals surface area contributed by atoms with Gasteiger partial charge in [0.1, 0.15) is 11.6 Å². The average molecular weight is 345 g/mol. The number of nitrogens with zero attached hydrogens (tertiary/aromatic N) is 2. The lowest BCUT2D eigenvalue weighted by atomic mass is 10.1. The van der Waals surface area contributed by atoms with E-state index in [0.29, 0.717) is 16.2 Å². The van der Waals surface area contributed by atoms with Crippen LogP contribution < -0.4 is 0 Å². The zero-order valence-corrected chi connectivity index (χ0v) is 14.3. The first kappa shape index (κ1) is 16.0. The molecular formula is C17H16FN3S2. The van der Waals surface area contributed by atoms with Crippen molar-refractivity contribution in [2.45, 2.75) is 18.4 Å². The first-order valence-electron chi connectivity index (χ1n) is 7.20. The molecule has 118 valence electrons. The van der Waals surface area contributed by atoms with Gasteiger partial charge in [0.2, 0.25) is 0 Å². The fraction of sp³-hybridized carbons (Fsp3) is 0.176. The molecule has 1 N–H and O–H groups in total. The van der Waals surface area contributed by atoms with Crippen molar-refractivity contribution in [1.82, 2.24) is 14.8 Å². The number of rotatable bonds is 5. The highest BCUT2D eigenvalue weighted by Crippen LogP contribution is 2.22. The molecule has 0 aliphatic heterocycles. The van der Waals surface area contributed by atoms with Gasteiger partial charge >= 0.3 is 0 Å². The fourth-order valence-electron chi connectivity index (χ4n) is 2.33. The fourth-order valence-corrected chi connectivity index (χ4v) is 3.60. The van der Waals surface area contributed by atoms with Crippen LogP contribution in [0, 0.1) is 17.5 Å². The summed E-state index contributed by atoms with van der Waals surface area (Å²) in [6, 6.07) is 14.9. The van der Waals surface area contributed by atoms with Gasteiger partial charge in [-0.25, -0.2) is 4.39 Å². The van der Waals surface area contributed by atoms with Crippen molar-refractivity contribution >= 4 is 24.0 Å². The molecule has 3 aromatic rings. The van der Waals surface area contributed by atoms with Crippen LogP contribution in [-0.4, -0.2) is 14.8 Å². The Hall–Kier alpha value is -1.92. The highest BCUT2D eigenvalue weighted by atomic mass is 32.2. The lowest BCUT2D eigenvalue weighted by Gasteiger charge is -2.08. The van der Waals surface area contributed by atoms with Crippen LogP contribution in [0.3, 0.4) is 0 Å². The van der Waals surface area contributed by atoms with Crippen molar-refractivity contribution in [1.29, 1.82) is 0 Å². The Morgan fingerprint density at radius 2 is 1.87 bits per heavy atom. The van der Waals surface area contributed by atoms with Crippen molar-refractivity contribution in [3.63, 3.8) is 0 Å². The smallest absolute Gasteiger partial charge is 0.199 e. The standard InChI is InChI=1S/C17H16FN3S2/c1-12-6-2-3-7-13(12)10-23-11-16-19-20-17(22)21(16)15-9-5-4-8-14(15)18/h2-9H,10-11H2,1H3,(H,20,22). The normalized spacial score (nSPS) is 10.9. The molecule has 1 aromatic heterocycles. The summed E-state index contributed by atoms with van der Waals surface area (Å²) in [5, 5.41) is 7.00. The van der Waals surface area contributed by atoms with Gasteiger partial charge in [-0.3, -0.25) is 9.67 Å². The zero-order valence-electron chi connectivity index (χ0n) is 12.6. The van der Waals surface area contributed by atoms with Crippen molar-refractivity contribution in [2.75, 3.05) is 0 Å². The second-order valence-corrected chi connectivity index (χ2v) is 6.52. The number of benzene rings is 2. The maximum absolute atomic E-state index is 14.0. The van der Waals surface area contributed by atoms with Gasteiger partial charge in [0.05, 0.1) is 11.4 Å². The summed E-state index contributed by atoms with van der Waals surface area (Å²) in [6.07, 6.45) is 0. The Kier molecular flexibility index (Phi) is 4.93. The molecule has 3 nitrogen and oxygen atoms in total. The first-order valence-corrected chi connectivity index (χ1v) is 8.76. The second kappa shape index (κ2) is 7.10. The minimum absolute atomic E-state index is 0.310. The second-order valence-electron chi connectivity index (χ2n) is 5.15. The minimum Gasteiger partial charge on any atom is -0.268 e. The summed E-state index contributed by atoms with van der Waals surface area (Å²) < 4.78 is 16.1. The Balaban J connectivity index is 1.79. The van der Waals surface area contributed by atoms with Gasteiger partial charge in [0, 0.05) is 5.75 Å². The Labute approximate surface area is 143 Å². The van der Waals surface area contributed by atoms with Crippen molar-refractivity contribution < 1.29 is 4.39 Å². The number of H-pyrrole nitrogens is 1. The van der Waals surface area contributed by atoms with Gasteiger partial charge in [0.15, 0.2) is 4.77 Å². The van der Waals surface area contributed by atoms with Crippen LogP contribution in [0.15, 0.2) is 48.5 Å². The molecular weight excluding hydrogens is 329 g/mol. The SMILES string of the molecule is Cc1ccccc1CSCc1n[nH]c(=S)n1-c1ccccc1F. The summed E-state index contributed by atoms with van der Waals surface area (Å²) in [4.78, 5) is 0. The molecule has 6 heteroatoms. The number of para-hydroxylation sites is 1. The van der Waals surface area contributed by atoms with Gasteiger partial charge in [-0.15, -0.1) is 11.8 Å². The van der Waals surface area contributed by atoms with E-state index in [-0.39, 0.29) is 5.82 Å². The molecule has 0 bridgehead atoms. The molecule has 23 heavy (non-hydrogen) atoms. The molecule has 3 rings (SSSR count). The van der Waals surface area contributed by atoms with Crippen LogP contribution in [0.25, 0.3) is 5.69 Å². The summed E-state index contributed by atoms with van der Waals surface area (Å²) in [5.41, 5.74) is 3.00. The van der Waals surface area contributed by atoms with Crippen LogP contribution >= 0.6 is 24.0 Å². The Morgan fingerprint density at radius 3 is 2.65 bits per heavy atom. The highest BCUT2D eigenvalue weighted by molar-refractivity contribution is 7.97. The third-order valence-electron chi connectivity index (χ3n) is 3.59. The maximum Gasteiger partial charge on any atom is 0.199 e. The van der Waals surface area contributed by atoms with E-state index < -0.39 is 0 Å². The van der Waals surface area contributed by atoms with Crippen molar-refractivity contribution in [3.05, 3.63) is 76.1 Å². The molecule has 2 aromatic carbocycles. The van der Waals surface area contributed by atoms with Gasteiger partial charge < -0.3 is 0 Å². The van der Waals surface area contributed by atoms with Gasteiger partial charge in [-0.2, -0.15) is 5.10 Å². The van der Waals surface area contributed by atoms with Gasteiger partial charge in [0.25, 0.3) is 0 Å². The van der Waals surface area contributed by atoms with Crippen LogP contribution in [0.5, 0.6) is 0 Å². The molecule has 0 aliphatic carbocycles. The third-order valence-corrected chi connectivity index (χ3v) is 4.84. The zero-order chi connectivity index (χ0) is 16.2. The van der Waals surface area contributed by atoms with E-state index in [1.54, 1.807) is 34.5 Å². The molecule has 0 unspecified atom stereocenters. The number of aromatic nitrogens is 3. The Morgan fingerprint density at radius 1 is 1.13 bits per heavy atom. The first-order chi connectivity index (χ1) is 11.2. The molecule has 0 spiro atoms. The van der Waals surface area contributed by atoms with Gasteiger partial charge in [-0.05, 0) is 42.4 Å². The number of halogens is 1. The van der Waals surface area contributed by atoms with E-state index in [4.69, 9.17) is 12.2 Å². The summed E-state index contributed by atoms with van der Waals surface area (Å²) in [5.74, 6) is 1.94. The molecule has 0 aliphatic rings. The summed E-state index contributed by atoms with van der Waals surface area (Å²) in [6.45, 7) is 2.10. The maximum atomic E-state index is 14.0. The lowest BCUT2D eigenvalue weighted by molar-refractivity contribution is 0.615.